The van der Waals surface area contributed by atoms with Crippen LogP contribution in [0.25, 0.3) is 28.3 Å². The number of benzene rings is 3. The second-order valence-corrected chi connectivity index (χ2v) is 11.3. The number of carboxylic acid groups (broad SMARTS) is 1. The molecule has 47 heavy (non-hydrogen) atoms. The van der Waals surface area contributed by atoms with E-state index in [0.717, 1.165) is 5.56 Å². The number of amides is 1. The van der Waals surface area contributed by atoms with Crippen LogP contribution in [0.15, 0.2) is 78.9 Å². The largest absolute Gasteiger partial charge is 1.00 e. The normalized spacial score (nSPS) is 13.2. The topological polar surface area (TPSA) is 121 Å². The number of nitrogens with one attached hydrogen (secondary N) is 1. The van der Waals surface area contributed by atoms with Gasteiger partial charge in [-0.05, 0) is 79.9 Å². The standard InChI is InChI=1S/C36H38F2N2O6.Na.H/c1-21(2)40-31(18-15-28(41)19-29(42)20-32(43)44)33(24-5-11-26(37)12-6-24)34(25-7-13-27(38)14-8-25)35(40)36(45)39-22(3)23-9-16-30(46-4)17-10-23;;/h5-18,21-22,28-29,41-42H,19-20H2,1-4H3,(H,39,45)(H,43,44);;/q;+1;-1/t22?,28-,29+;;/m1../s1. The van der Waals surface area contributed by atoms with Crippen LogP contribution in [0, 0.1) is 11.6 Å². The number of carbonyl (C=O) groups is 2. The van der Waals surface area contributed by atoms with Crippen molar-refractivity contribution >= 4 is 18.0 Å². The summed E-state index contributed by atoms with van der Waals surface area (Å²) in [4.78, 5) is 25.3. The maximum atomic E-state index is 14.3. The van der Waals surface area contributed by atoms with E-state index in [1.54, 1.807) is 54.2 Å². The number of rotatable bonds is 13. The van der Waals surface area contributed by atoms with E-state index in [1.807, 2.05) is 32.9 Å². The number of methoxy groups -OCH3 is 1. The first-order valence-corrected chi connectivity index (χ1v) is 14.9. The summed E-state index contributed by atoms with van der Waals surface area (Å²) in [6.45, 7) is 5.62. The Morgan fingerprint density at radius 2 is 1.43 bits per heavy atom. The molecule has 3 aromatic carbocycles. The predicted molar refractivity (Wildman–Crippen MR) is 174 cm³/mol. The second-order valence-electron chi connectivity index (χ2n) is 11.3. The van der Waals surface area contributed by atoms with E-state index in [-0.39, 0.29) is 49.1 Å². The molecule has 0 radical (unpaired) electrons. The van der Waals surface area contributed by atoms with Gasteiger partial charge in [0.2, 0.25) is 0 Å². The van der Waals surface area contributed by atoms with Crippen LogP contribution in [-0.2, 0) is 4.79 Å². The quantitative estimate of drug-likeness (QED) is 0.162. The summed E-state index contributed by atoms with van der Waals surface area (Å²) in [5.41, 5.74) is 3.71. The van der Waals surface area contributed by atoms with Gasteiger partial charge in [0.15, 0.2) is 0 Å². The third-order valence-electron chi connectivity index (χ3n) is 7.60. The smallest absolute Gasteiger partial charge is 1.00 e. The Morgan fingerprint density at radius 1 is 0.894 bits per heavy atom. The maximum Gasteiger partial charge on any atom is 1.00 e. The van der Waals surface area contributed by atoms with Crippen molar-refractivity contribution in [2.75, 3.05) is 7.11 Å². The van der Waals surface area contributed by atoms with Gasteiger partial charge < -0.3 is 31.4 Å². The van der Waals surface area contributed by atoms with Crippen molar-refractivity contribution in [1.29, 1.82) is 0 Å². The Balaban J connectivity index is 0.00000400. The molecule has 1 aromatic heterocycles. The number of carbonyl (C=O) groups excluding carboxylic acids is 1. The molecule has 1 heterocycles. The molecule has 0 saturated carbocycles. The van der Waals surface area contributed by atoms with E-state index in [1.165, 1.54) is 30.3 Å². The zero-order chi connectivity index (χ0) is 33.5. The van der Waals surface area contributed by atoms with Gasteiger partial charge in [-0.3, -0.25) is 9.59 Å². The number of hydrogen-bond donors (Lipinski definition) is 4. The second kappa shape index (κ2) is 16.9. The molecule has 0 aliphatic carbocycles. The Hall–Kier alpha value is -3.80. The zero-order valence-corrected chi connectivity index (χ0v) is 29.1. The van der Waals surface area contributed by atoms with Gasteiger partial charge >= 0.3 is 35.5 Å². The van der Waals surface area contributed by atoms with Crippen molar-refractivity contribution < 1.29 is 69.4 Å². The van der Waals surface area contributed by atoms with Crippen LogP contribution < -0.4 is 39.6 Å². The summed E-state index contributed by atoms with van der Waals surface area (Å²) < 4.78 is 35.3. The molecule has 4 N–H and O–H groups in total. The molecule has 4 rings (SSSR count). The van der Waals surface area contributed by atoms with E-state index in [0.29, 0.717) is 33.7 Å². The molecule has 0 saturated heterocycles. The number of aromatic nitrogens is 1. The van der Waals surface area contributed by atoms with Gasteiger partial charge in [0.1, 0.15) is 23.1 Å². The summed E-state index contributed by atoms with van der Waals surface area (Å²) in [7, 11) is 1.57. The zero-order valence-electron chi connectivity index (χ0n) is 28.1. The molecule has 3 atom stereocenters. The van der Waals surface area contributed by atoms with Crippen LogP contribution >= 0.6 is 0 Å². The third kappa shape index (κ3) is 9.39. The van der Waals surface area contributed by atoms with Crippen LogP contribution in [0.5, 0.6) is 5.75 Å². The van der Waals surface area contributed by atoms with Crippen LogP contribution in [0.2, 0.25) is 0 Å². The average molecular weight is 657 g/mol. The average Bonchev–Trinajstić information content (AvgIpc) is 3.36. The Kier molecular flexibility index (Phi) is 13.5. The summed E-state index contributed by atoms with van der Waals surface area (Å²) in [6.07, 6.45) is -0.224. The van der Waals surface area contributed by atoms with Crippen molar-refractivity contribution in [1.82, 2.24) is 9.88 Å². The Bertz CT molecular complexity index is 1690. The first-order chi connectivity index (χ1) is 21.9. The molecule has 0 fully saturated rings. The van der Waals surface area contributed by atoms with Gasteiger partial charge in [-0.15, -0.1) is 0 Å². The molecule has 8 nitrogen and oxygen atoms in total. The summed E-state index contributed by atoms with van der Waals surface area (Å²) in [6, 6.07) is 18.0. The van der Waals surface area contributed by atoms with Crippen molar-refractivity contribution in [3.63, 3.8) is 0 Å². The number of ether oxygens (including phenoxy) is 1. The van der Waals surface area contributed by atoms with E-state index < -0.39 is 48.2 Å². The fourth-order valence-corrected chi connectivity index (χ4v) is 5.42. The van der Waals surface area contributed by atoms with Crippen LogP contribution in [0.4, 0.5) is 8.78 Å². The number of hydrogen-bond acceptors (Lipinski definition) is 5. The van der Waals surface area contributed by atoms with Crippen LogP contribution in [-0.4, -0.2) is 51.1 Å². The van der Waals surface area contributed by atoms with Crippen LogP contribution in [0.3, 0.4) is 0 Å². The van der Waals surface area contributed by atoms with E-state index in [2.05, 4.69) is 5.32 Å². The van der Waals surface area contributed by atoms with Gasteiger partial charge in [0, 0.05) is 29.3 Å². The minimum absolute atomic E-state index is 0. The van der Waals surface area contributed by atoms with Gasteiger partial charge in [-0.1, -0.05) is 42.5 Å². The number of carboxylic acids is 1. The van der Waals surface area contributed by atoms with Gasteiger partial charge in [-0.2, -0.15) is 0 Å². The SMILES string of the molecule is COc1ccc(C(C)NC(=O)c2c(-c3ccc(F)cc3)c(-c3ccc(F)cc3)c(C=C[C@@H](O)C[C@H](O)CC(=O)O)n2C(C)C)cc1.[H-].[Na+]. The van der Waals surface area contributed by atoms with Crippen molar-refractivity contribution in [3.05, 3.63) is 107 Å². The maximum absolute atomic E-state index is 14.3. The molecule has 0 bridgehead atoms. The van der Waals surface area contributed by atoms with Gasteiger partial charge in [-0.25, -0.2) is 8.78 Å². The molecule has 244 valence electrons. The van der Waals surface area contributed by atoms with Crippen molar-refractivity contribution in [3.8, 4) is 28.0 Å². The van der Waals surface area contributed by atoms with Crippen molar-refractivity contribution in [2.45, 2.75) is 57.9 Å². The molecule has 11 heteroatoms. The number of nitrogens with zero attached hydrogens (tertiary/aromatic N) is 1. The minimum Gasteiger partial charge on any atom is -1.00 e. The summed E-state index contributed by atoms with van der Waals surface area (Å²) in [5, 5.41) is 32.9. The first-order valence-electron chi connectivity index (χ1n) is 14.9. The van der Waals surface area contributed by atoms with Gasteiger partial charge in [0.25, 0.3) is 5.91 Å². The Morgan fingerprint density at radius 3 is 1.91 bits per heavy atom. The number of halogens is 2. The molecular formula is C36H39F2N2NaO6. The summed E-state index contributed by atoms with van der Waals surface area (Å²) >= 11 is 0. The van der Waals surface area contributed by atoms with Crippen molar-refractivity contribution in [2.24, 2.45) is 0 Å². The van der Waals surface area contributed by atoms with Crippen LogP contribution in [0.1, 0.15) is 68.9 Å². The molecule has 1 amide bonds. The van der Waals surface area contributed by atoms with E-state index in [4.69, 9.17) is 9.84 Å². The third-order valence-corrected chi connectivity index (χ3v) is 7.60. The van der Waals surface area contributed by atoms with E-state index >= 15 is 0 Å². The molecular weight excluding hydrogens is 617 g/mol. The monoisotopic (exact) mass is 656 g/mol. The number of aliphatic hydroxyl groups excluding tert-OH is 2. The van der Waals surface area contributed by atoms with Gasteiger partial charge in [0.05, 0.1) is 31.8 Å². The first kappa shape index (κ1) is 37.7. The molecule has 0 aliphatic heterocycles. The summed E-state index contributed by atoms with van der Waals surface area (Å²) in [5.74, 6) is -1.86. The van der Waals surface area contributed by atoms with E-state index in [9.17, 15) is 28.6 Å². The molecule has 0 aliphatic rings. The molecule has 1 unspecified atom stereocenters. The minimum atomic E-state index is -1.28. The molecule has 0 spiro atoms. The fraction of sp³-hybridized carbons (Fsp3) is 0.278. The number of aliphatic hydroxyl groups is 2. The predicted octanol–water partition coefficient (Wildman–Crippen LogP) is 3.90. The number of aliphatic carboxylic acids is 1. The molecule has 4 aromatic rings. The Labute approximate surface area is 296 Å². The fourth-order valence-electron chi connectivity index (χ4n) is 5.42.